The third-order valence-corrected chi connectivity index (χ3v) is 4.17. The van der Waals surface area contributed by atoms with Gasteiger partial charge in [-0.2, -0.15) is 0 Å². The molecule has 1 atom stereocenters. The van der Waals surface area contributed by atoms with Crippen molar-refractivity contribution in [3.8, 4) is 11.5 Å². The zero-order valence-corrected chi connectivity index (χ0v) is 15.4. The standard InChI is InChI=1S/C18H28N2O3.ClH/c1-13(19)7-10-18(21)20-12-14-8-9-16(22-2)11-17(14)23-15-5-3-4-6-15;/h8-9,11,13,15H,3-7,10,12,19H2,1-2H3,(H,20,21);1H. The molecule has 1 aromatic carbocycles. The highest BCUT2D eigenvalue weighted by Crippen LogP contribution is 2.30. The van der Waals surface area contributed by atoms with Crippen LogP contribution in [0.3, 0.4) is 0 Å². The third kappa shape index (κ3) is 6.57. The average Bonchev–Trinajstić information content (AvgIpc) is 3.04. The maximum Gasteiger partial charge on any atom is 0.220 e. The average molecular weight is 357 g/mol. The van der Waals surface area contributed by atoms with E-state index in [0.717, 1.165) is 29.9 Å². The monoisotopic (exact) mass is 356 g/mol. The zero-order valence-electron chi connectivity index (χ0n) is 14.5. The Morgan fingerprint density at radius 3 is 2.71 bits per heavy atom. The molecular weight excluding hydrogens is 328 g/mol. The lowest BCUT2D eigenvalue weighted by atomic mass is 10.1. The molecule has 1 aliphatic rings. The minimum absolute atomic E-state index is 0. The van der Waals surface area contributed by atoms with E-state index in [1.54, 1.807) is 7.11 Å². The van der Waals surface area contributed by atoms with Crippen molar-refractivity contribution in [3.63, 3.8) is 0 Å². The summed E-state index contributed by atoms with van der Waals surface area (Å²) in [5.74, 6) is 1.60. The first kappa shape index (κ1) is 20.6. The quantitative estimate of drug-likeness (QED) is 0.750. The molecule has 0 aromatic heterocycles. The molecule has 24 heavy (non-hydrogen) atoms. The maximum atomic E-state index is 11.9. The van der Waals surface area contributed by atoms with Crippen LogP contribution in [-0.4, -0.2) is 25.2 Å². The van der Waals surface area contributed by atoms with Crippen LogP contribution in [0.5, 0.6) is 11.5 Å². The molecule has 1 amide bonds. The minimum Gasteiger partial charge on any atom is -0.497 e. The number of rotatable bonds is 8. The summed E-state index contributed by atoms with van der Waals surface area (Å²) in [4.78, 5) is 11.9. The van der Waals surface area contributed by atoms with E-state index in [1.165, 1.54) is 12.8 Å². The Balaban J connectivity index is 0.00000288. The van der Waals surface area contributed by atoms with Crippen molar-refractivity contribution in [1.29, 1.82) is 0 Å². The van der Waals surface area contributed by atoms with Crippen LogP contribution in [0, 0.1) is 0 Å². The van der Waals surface area contributed by atoms with Crippen LogP contribution in [0.2, 0.25) is 0 Å². The van der Waals surface area contributed by atoms with Gasteiger partial charge in [0.1, 0.15) is 11.5 Å². The van der Waals surface area contributed by atoms with E-state index in [0.29, 0.717) is 19.4 Å². The molecule has 5 nitrogen and oxygen atoms in total. The normalized spacial score (nSPS) is 15.5. The second-order valence-electron chi connectivity index (χ2n) is 6.29. The Bertz CT molecular complexity index is 517. The van der Waals surface area contributed by atoms with Gasteiger partial charge in [-0.05, 0) is 51.2 Å². The highest BCUT2D eigenvalue weighted by Gasteiger charge is 2.18. The molecule has 3 N–H and O–H groups in total. The van der Waals surface area contributed by atoms with Crippen molar-refractivity contribution < 1.29 is 14.3 Å². The second kappa shape index (κ2) is 10.4. The van der Waals surface area contributed by atoms with Crippen LogP contribution in [0.25, 0.3) is 0 Å². The van der Waals surface area contributed by atoms with Gasteiger partial charge in [-0.15, -0.1) is 12.4 Å². The van der Waals surface area contributed by atoms with Crippen molar-refractivity contribution in [1.82, 2.24) is 5.32 Å². The Hall–Kier alpha value is -1.46. The highest BCUT2D eigenvalue weighted by molar-refractivity contribution is 5.85. The van der Waals surface area contributed by atoms with Gasteiger partial charge in [0.15, 0.2) is 0 Å². The Kier molecular flexibility index (Phi) is 8.93. The van der Waals surface area contributed by atoms with Crippen LogP contribution < -0.4 is 20.5 Å². The van der Waals surface area contributed by atoms with E-state index in [-0.39, 0.29) is 30.5 Å². The van der Waals surface area contributed by atoms with Gasteiger partial charge < -0.3 is 20.5 Å². The molecule has 1 saturated carbocycles. The van der Waals surface area contributed by atoms with Crippen LogP contribution in [0.1, 0.15) is 51.0 Å². The smallest absolute Gasteiger partial charge is 0.220 e. The van der Waals surface area contributed by atoms with Gasteiger partial charge in [-0.1, -0.05) is 0 Å². The number of ether oxygens (including phenoxy) is 2. The van der Waals surface area contributed by atoms with Gasteiger partial charge in [-0.3, -0.25) is 4.79 Å². The summed E-state index contributed by atoms with van der Waals surface area (Å²) in [6, 6.07) is 5.80. The lowest BCUT2D eigenvalue weighted by molar-refractivity contribution is -0.121. The van der Waals surface area contributed by atoms with Crippen molar-refractivity contribution in [2.75, 3.05) is 7.11 Å². The summed E-state index contributed by atoms with van der Waals surface area (Å²) in [7, 11) is 1.64. The summed E-state index contributed by atoms with van der Waals surface area (Å²) in [5.41, 5.74) is 6.66. The number of carbonyl (C=O) groups excluding carboxylic acids is 1. The summed E-state index contributed by atoms with van der Waals surface area (Å²) in [6.45, 7) is 2.37. The highest BCUT2D eigenvalue weighted by atomic mass is 35.5. The van der Waals surface area contributed by atoms with Gasteiger partial charge >= 0.3 is 0 Å². The Morgan fingerprint density at radius 1 is 1.38 bits per heavy atom. The third-order valence-electron chi connectivity index (χ3n) is 4.17. The number of methoxy groups -OCH3 is 1. The number of nitrogens with one attached hydrogen (secondary N) is 1. The molecular formula is C18H29ClN2O3. The molecule has 0 aliphatic heterocycles. The van der Waals surface area contributed by atoms with Crippen molar-refractivity contribution in [3.05, 3.63) is 23.8 Å². The van der Waals surface area contributed by atoms with Gasteiger partial charge in [0, 0.05) is 30.6 Å². The number of carbonyl (C=O) groups is 1. The number of benzene rings is 1. The molecule has 0 radical (unpaired) electrons. The first-order valence-corrected chi connectivity index (χ1v) is 8.44. The fraction of sp³-hybridized carbons (Fsp3) is 0.611. The fourth-order valence-electron chi connectivity index (χ4n) is 2.74. The Morgan fingerprint density at radius 2 is 2.08 bits per heavy atom. The maximum absolute atomic E-state index is 11.9. The fourth-order valence-corrected chi connectivity index (χ4v) is 2.74. The topological polar surface area (TPSA) is 73.6 Å². The van der Waals surface area contributed by atoms with E-state index in [9.17, 15) is 4.79 Å². The van der Waals surface area contributed by atoms with E-state index in [2.05, 4.69) is 5.32 Å². The molecule has 0 heterocycles. The van der Waals surface area contributed by atoms with Gasteiger partial charge in [0.05, 0.1) is 13.2 Å². The van der Waals surface area contributed by atoms with E-state index in [1.807, 2.05) is 25.1 Å². The molecule has 0 spiro atoms. The van der Waals surface area contributed by atoms with Crippen molar-refractivity contribution >= 4 is 18.3 Å². The lowest BCUT2D eigenvalue weighted by Crippen LogP contribution is -2.26. The predicted octanol–water partition coefficient (Wildman–Crippen LogP) is 3.18. The minimum atomic E-state index is 0. The number of amides is 1. The molecule has 6 heteroatoms. The molecule has 1 aromatic rings. The van der Waals surface area contributed by atoms with Crippen molar-refractivity contribution in [2.45, 2.75) is 64.1 Å². The van der Waals surface area contributed by atoms with Crippen LogP contribution in [-0.2, 0) is 11.3 Å². The number of hydrogen-bond acceptors (Lipinski definition) is 4. The number of halogens is 1. The Labute approximate surface area is 150 Å². The molecule has 2 rings (SSSR count). The van der Waals surface area contributed by atoms with Crippen molar-refractivity contribution in [2.24, 2.45) is 5.73 Å². The molecule has 0 saturated heterocycles. The summed E-state index contributed by atoms with van der Waals surface area (Å²) < 4.78 is 11.4. The molecule has 1 fully saturated rings. The second-order valence-corrected chi connectivity index (χ2v) is 6.29. The predicted molar refractivity (Wildman–Crippen MR) is 97.9 cm³/mol. The lowest BCUT2D eigenvalue weighted by Gasteiger charge is -2.18. The van der Waals surface area contributed by atoms with Gasteiger partial charge in [-0.25, -0.2) is 0 Å². The van der Waals surface area contributed by atoms with E-state index < -0.39 is 0 Å². The van der Waals surface area contributed by atoms with Crippen LogP contribution >= 0.6 is 12.4 Å². The van der Waals surface area contributed by atoms with Crippen LogP contribution in [0.4, 0.5) is 0 Å². The first-order valence-electron chi connectivity index (χ1n) is 8.44. The first-order chi connectivity index (χ1) is 11.1. The summed E-state index contributed by atoms with van der Waals surface area (Å²) >= 11 is 0. The molecule has 136 valence electrons. The molecule has 0 bridgehead atoms. The summed E-state index contributed by atoms with van der Waals surface area (Å²) in [5, 5.41) is 2.94. The van der Waals surface area contributed by atoms with Crippen LogP contribution in [0.15, 0.2) is 18.2 Å². The van der Waals surface area contributed by atoms with E-state index >= 15 is 0 Å². The SMILES string of the molecule is COc1ccc(CNC(=O)CCC(C)N)c(OC2CCCC2)c1.Cl. The van der Waals surface area contributed by atoms with Gasteiger partial charge in [0.25, 0.3) is 0 Å². The van der Waals surface area contributed by atoms with Gasteiger partial charge in [0.2, 0.25) is 5.91 Å². The summed E-state index contributed by atoms with van der Waals surface area (Å²) in [6.07, 6.45) is 6.05. The molecule has 1 aliphatic carbocycles. The number of nitrogens with two attached hydrogens (primary N) is 1. The zero-order chi connectivity index (χ0) is 16.7. The molecule has 1 unspecified atom stereocenters. The largest absolute Gasteiger partial charge is 0.497 e. The van der Waals surface area contributed by atoms with E-state index in [4.69, 9.17) is 15.2 Å². The number of hydrogen-bond donors (Lipinski definition) is 2.